The molecule has 0 bridgehead atoms. The first-order chi connectivity index (χ1) is 14.6. The van der Waals surface area contributed by atoms with Crippen LogP contribution in [0.5, 0.6) is 0 Å². The first-order valence-electron chi connectivity index (χ1n) is 10.1. The molecule has 4 aromatic rings. The number of hydrogen-bond donors (Lipinski definition) is 2. The van der Waals surface area contributed by atoms with Gasteiger partial charge in [-0.05, 0) is 51.7 Å². The van der Waals surface area contributed by atoms with Crippen molar-refractivity contribution in [3.63, 3.8) is 0 Å². The van der Waals surface area contributed by atoms with E-state index in [1.807, 2.05) is 19.9 Å². The maximum atomic E-state index is 12.5. The van der Waals surface area contributed by atoms with Crippen LogP contribution in [0.2, 0.25) is 0 Å². The van der Waals surface area contributed by atoms with Crippen LogP contribution >= 0.6 is 0 Å². The Bertz CT molecular complexity index is 1250. The molecule has 1 aliphatic rings. The lowest BCUT2D eigenvalue weighted by molar-refractivity contribution is 0.302. The maximum absolute atomic E-state index is 12.5. The van der Waals surface area contributed by atoms with E-state index in [9.17, 15) is 4.79 Å². The lowest BCUT2D eigenvalue weighted by Crippen LogP contribution is -2.33. The molecule has 10 nitrogen and oxygen atoms in total. The second-order valence-electron chi connectivity index (χ2n) is 7.79. The minimum absolute atomic E-state index is 0.0741. The zero-order chi connectivity index (χ0) is 20.7. The molecule has 0 aliphatic heterocycles. The molecule has 0 radical (unpaired) electrons. The van der Waals surface area contributed by atoms with Crippen molar-refractivity contribution < 1.29 is 0 Å². The molecule has 0 spiro atoms. The predicted octanol–water partition coefficient (Wildman–Crippen LogP) is 2.31. The van der Waals surface area contributed by atoms with E-state index in [1.165, 1.54) is 6.33 Å². The van der Waals surface area contributed by atoms with Crippen LogP contribution in [0.1, 0.15) is 43.1 Å². The summed E-state index contributed by atoms with van der Waals surface area (Å²) in [6, 6.07) is 5.66. The second-order valence-corrected chi connectivity index (χ2v) is 7.79. The predicted molar refractivity (Wildman–Crippen MR) is 112 cm³/mol. The molecular weight excluding hydrogens is 382 g/mol. The highest BCUT2D eigenvalue weighted by Crippen LogP contribution is 2.29. The summed E-state index contributed by atoms with van der Waals surface area (Å²) >= 11 is 0. The third-order valence-electron chi connectivity index (χ3n) is 5.64. The Morgan fingerprint density at radius 1 is 1.07 bits per heavy atom. The normalized spacial score (nSPS) is 19.3. The molecule has 0 unspecified atom stereocenters. The Morgan fingerprint density at radius 3 is 2.67 bits per heavy atom. The molecule has 1 aliphatic carbocycles. The van der Waals surface area contributed by atoms with E-state index in [-0.39, 0.29) is 17.6 Å². The van der Waals surface area contributed by atoms with E-state index in [4.69, 9.17) is 0 Å². The van der Waals surface area contributed by atoms with Gasteiger partial charge in [0.25, 0.3) is 5.56 Å². The second kappa shape index (κ2) is 7.36. The molecule has 2 N–H and O–H groups in total. The van der Waals surface area contributed by atoms with Gasteiger partial charge in [0.1, 0.15) is 11.8 Å². The first kappa shape index (κ1) is 18.5. The van der Waals surface area contributed by atoms with Crippen LogP contribution in [0, 0.1) is 13.8 Å². The topological polar surface area (TPSA) is 119 Å². The number of fused-ring (bicyclic) bond motifs is 1. The molecule has 5 rings (SSSR count). The molecule has 1 fully saturated rings. The Morgan fingerprint density at radius 2 is 1.90 bits per heavy atom. The van der Waals surface area contributed by atoms with Gasteiger partial charge in [-0.25, -0.2) is 24.3 Å². The van der Waals surface area contributed by atoms with E-state index in [1.54, 1.807) is 27.8 Å². The maximum Gasteiger partial charge on any atom is 0.267 e. The summed E-state index contributed by atoms with van der Waals surface area (Å²) in [5.41, 5.74) is 3.31. The van der Waals surface area contributed by atoms with Crippen LogP contribution in [0.25, 0.3) is 17.0 Å². The zero-order valence-corrected chi connectivity index (χ0v) is 16.9. The Kier molecular flexibility index (Phi) is 4.53. The van der Waals surface area contributed by atoms with Gasteiger partial charge in [0.15, 0.2) is 17.3 Å². The standard InChI is InChI=1S/C20H23N9O/c1-12-9-13(2)28(26-12)16-7-8-17(30)29(27-16)15-5-3-14(4-6-15)25-20-18-19(22-10-21-18)23-11-24-20/h7-11,14-15H,3-6H2,1-2H3,(H2,21,22,23,24,25). The highest BCUT2D eigenvalue weighted by molar-refractivity contribution is 5.82. The van der Waals surface area contributed by atoms with Crippen molar-refractivity contribution in [1.82, 2.24) is 39.5 Å². The van der Waals surface area contributed by atoms with Gasteiger partial charge in [-0.15, -0.1) is 5.10 Å². The van der Waals surface area contributed by atoms with Crippen molar-refractivity contribution >= 4 is 17.0 Å². The van der Waals surface area contributed by atoms with Crippen LogP contribution < -0.4 is 10.9 Å². The molecule has 4 aromatic heterocycles. The number of aromatic amines is 1. The number of aromatic nitrogens is 8. The SMILES string of the molecule is Cc1cc(C)n(-c2ccc(=O)n(C3CCC(Nc4ncnc5nc[nH]c45)CC3)n2)n1. The highest BCUT2D eigenvalue weighted by atomic mass is 16.1. The first-order valence-corrected chi connectivity index (χ1v) is 10.1. The van der Waals surface area contributed by atoms with E-state index in [0.717, 1.165) is 48.4 Å². The number of nitrogens with one attached hydrogen (secondary N) is 2. The van der Waals surface area contributed by atoms with Crippen molar-refractivity contribution in [1.29, 1.82) is 0 Å². The fourth-order valence-electron chi connectivity index (χ4n) is 4.18. The lowest BCUT2D eigenvalue weighted by atomic mass is 9.91. The Labute approximate surface area is 172 Å². The van der Waals surface area contributed by atoms with Gasteiger partial charge in [-0.2, -0.15) is 5.10 Å². The largest absolute Gasteiger partial charge is 0.365 e. The van der Waals surface area contributed by atoms with Crippen molar-refractivity contribution in [2.75, 3.05) is 5.32 Å². The lowest BCUT2D eigenvalue weighted by Gasteiger charge is -2.30. The molecule has 0 saturated heterocycles. The van der Waals surface area contributed by atoms with Gasteiger partial charge in [-0.3, -0.25) is 4.79 Å². The Hall–Kier alpha value is -3.56. The van der Waals surface area contributed by atoms with Crippen LogP contribution in [0.4, 0.5) is 5.82 Å². The number of aryl methyl sites for hydroxylation is 2. The van der Waals surface area contributed by atoms with Gasteiger partial charge in [-0.1, -0.05) is 0 Å². The van der Waals surface area contributed by atoms with E-state index in [0.29, 0.717) is 11.5 Å². The average Bonchev–Trinajstić information content (AvgIpc) is 3.36. The minimum atomic E-state index is -0.0772. The highest BCUT2D eigenvalue weighted by Gasteiger charge is 2.25. The summed E-state index contributed by atoms with van der Waals surface area (Å²) in [5.74, 6) is 1.44. The van der Waals surface area contributed by atoms with Crippen LogP contribution in [-0.4, -0.2) is 45.5 Å². The fraction of sp³-hybridized carbons (Fsp3) is 0.400. The van der Waals surface area contributed by atoms with Gasteiger partial charge in [0.05, 0.1) is 18.1 Å². The van der Waals surface area contributed by atoms with Crippen LogP contribution in [-0.2, 0) is 0 Å². The molecule has 0 aromatic carbocycles. The monoisotopic (exact) mass is 405 g/mol. The quantitative estimate of drug-likeness (QED) is 0.535. The summed E-state index contributed by atoms with van der Waals surface area (Å²) in [6.07, 6.45) is 6.70. The number of H-pyrrole nitrogens is 1. The third-order valence-corrected chi connectivity index (χ3v) is 5.64. The van der Waals surface area contributed by atoms with Crippen molar-refractivity contribution in [2.45, 2.75) is 51.6 Å². The van der Waals surface area contributed by atoms with Gasteiger partial charge in [0.2, 0.25) is 0 Å². The summed E-state index contributed by atoms with van der Waals surface area (Å²) < 4.78 is 3.41. The number of nitrogens with zero attached hydrogens (tertiary/aromatic N) is 7. The average molecular weight is 405 g/mol. The van der Waals surface area contributed by atoms with Gasteiger partial charge < -0.3 is 10.3 Å². The van der Waals surface area contributed by atoms with E-state index < -0.39 is 0 Å². The molecule has 154 valence electrons. The minimum Gasteiger partial charge on any atom is -0.365 e. The molecular formula is C20H23N9O. The van der Waals surface area contributed by atoms with Crippen molar-refractivity contribution in [3.8, 4) is 5.82 Å². The summed E-state index contributed by atoms with van der Waals surface area (Å²) in [4.78, 5) is 28.3. The molecule has 4 heterocycles. The zero-order valence-electron chi connectivity index (χ0n) is 16.9. The summed E-state index contributed by atoms with van der Waals surface area (Å²) in [7, 11) is 0. The molecule has 0 amide bonds. The molecule has 0 atom stereocenters. The Balaban J connectivity index is 1.32. The van der Waals surface area contributed by atoms with Crippen molar-refractivity contribution in [3.05, 3.63) is 52.6 Å². The molecule has 30 heavy (non-hydrogen) atoms. The van der Waals surface area contributed by atoms with Crippen LogP contribution in [0.15, 0.2) is 35.6 Å². The number of rotatable bonds is 4. The molecule has 1 saturated carbocycles. The van der Waals surface area contributed by atoms with Gasteiger partial charge >= 0.3 is 0 Å². The fourth-order valence-corrected chi connectivity index (χ4v) is 4.18. The number of imidazole rings is 1. The summed E-state index contributed by atoms with van der Waals surface area (Å²) in [5, 5.41) is 12.6. The van der Waals surface area contributed by atoms with E-state index >= 15 is 0 Å². The van der Waals surface area contributed by atoms with E-state index in [2.05, 4.69) is 35.5 Å². The molecule has 10 heteroatoms. The smallest absolute Gasteiger partial charge is 0.267 e. The van der Waals surface area contributed by atoms with Crippen molar-refractivity contribution in [2.24, 2.45) is 0 Å². The van der Waals surface area contributed by atoms with Gasteiger partial charge in [0, 0.05) is 17.8 Å². The third kappa shape index (κ3) is 3.34. The summed E-state index contributed by atoms with van der Waals surface area (Å²) in [6.45, 7) is 3.93. The number of hydrogen-bond acceptors (Lipinski definition) is 7. The number of anilines is 1. The van der Waals surface area contributed by atoms with Crippen LogP contribution in [0.3, 0.4) is 0 Å².